The zero-order valence-electron chi connectivity index (χ0n) is 20.3. The molecule has 3 aromatic rings. The van der Waals surface area contributed by atoms with E-state index in [4.69, 9.17) is 5.73 Å². The fourth-order valence-electron chi connectivity index (χ4n) is 4.52. The van der Waals surface area contributed by atoms with Crippen LogP contribution in [0.25, 0.3) is 0 Å². The molecular formula is C25H17F4N7O2S2. The first-order valence-electron chi connectivity index (χ1n) is 11.7. The predicted molar refractivity (Wildman–Crippen MR) is 138 cm³/mol. The SMILES string of the molecule is N#CC1=C(N)N(c2nnc(SCC(=O)Nc3c(F)c(F)cc(F)c3F)s2)C2=C(C(=O)CCC2)C1c1cccnc1. The van der Waals surface area contributed by atoms with Gasteiger partial charge in [0.2, 0.25) is 11.0 Å². The van der Waals surface area contributed by atoms with Crippen molar-refractivity contribution in [2.45, 2.75) is 29.5 Å². The van der Waals surface area contributed by atoms with Crippen LogP contribution in [0, 0.1) is 34.6 Å². The van der Waals surface area contributed by atoms with Gasteiger partial charge in [0.05, 0.1) is 23.3 Å². The molecule has 3 heterocycles. The van der Waals surface area contributed by atoms with E-state index in [-0.39, 0.29) is 32.7 Å². The van der Waals surface area contributed by atoms with Crippen molar-refractivity contribution >= 4 is 45.6 Å². The van der Waals surface area contributed by atoms with Crippen LogP contribution in [0.15, 0.2) is 57.6 Å². The van der Waals surface area contributed by atoms with Gasteiger partial charge in [0.1, 0.15) is 11.5 Å². The van der Waals surface area contributed by atoms with Crippen molar-refractivity contribution in [1.82, 2.24) is 15.2 Å². The minimum Gasteiger partial charge on any atom is -0.384 e. The molecule has 2 aromatic heterocycles. The average Bonchev–Trinajstić information content (AvgIpc) is 3.41. The Morgan fingerprint density at radius 2 is 1.98 bits per heavy atom. The second-order valence-electron chi connectivity index (χ2n) is 8.63. The highest BCUT2D eigenvalue weighted by Gasteiger charge is 2.41. The maximum absolute atomic E-state index is 13.9. The number of halogens is 4. The van der Waals surface area contributed by atoms with Gasteiger partial charge in [-0.25, -0.2) is 17.6 Å². The zero-order chi connectivity index (χ0) is 28.6. The summed E-state index contributed by atoms with van der Waals surface area (Å²) in [5.74, 6) is -8.86. The number of carbonyl (C=O) groups excluding carboxylic acids is 2. The first-order chi connectivity index (χ1) is 19.2. The quantitative estimate of drug-likeness (QED) is 0.242. The fourth-order valence-corrected chi connectivity index (χ4v) is 6.20. The molecule has 1 atom stereocenters. The van der Waals surface area contributed by atoms with Gasteiger partial charge < -0.3 is 11.1 Å². The van der Waals surface area contributed by atoms with E-state index in [1.165, 1.54) is 4.90 Å². The Kier molecular flexibility index (Phi) is 7.55. The Morgan fingerprint density at radius 1 is 1.23 bits per heavy atom. The van der Waals surface area contributed by atoms with Crippen molar-refractivity contribution in [3.8, 4) is 6.07 Å². The third kappa shape index (κ3) is 4.91. The molecule has 2 aliphatic rings. The van der Waals surface area contributed by atoms with E-state index in [1.807, 2.05) is 5.32 Å². The van der Waals surface area contributed by atoms with E-state index in [0.29, 0.717) is 36.1 Å². The average molecular weight is 588 g/mol. The van der Waals surface area contributed by atoms with E-state index in [0.717, 1.165) is 23.1 Å². The predicted octanol–water partition coefficient (Wildman–Crippen LogP) is 4.53. The number of hydrogen-bond donors (Lipinski definition) is 2. The van der Waals surface area contributed by atoms with E-state index in [9.17, 15) is 32.4 Å². The highest BCUT2D eigenvalue weighted by molar-refractivity contribution is 8.01. The number of aromatic nitrogens is 3. The lowest BCUT2D eigenvalue weighted by molar-refractivity contribution is -0.116. The summed E-state index contributed by atoms with van der Waals surface area (Å²) in [4.78, 5) is 31.0. The van der Waals surface area contributed by atoms with Crippen molar-refractivity contribution < 1.29 is 27.2 Å². The molecule has 0 radical (unpaired) electrons. The van der Waals surface area contributed by atoms with E-state index >= 15 is 0 Å². The molecule has 9 nitrogen and oxygen atoms in total. The topological polar surface area (TPSA) is 138 Å². The third-order valence-electron chi connectivity index (χ3n) is 6.22. The number of ketones is 1. The van der Waals surface area contributed by atoms with Gasteiger partial charge in [0, 0.05) is 36.2 Å². The lowest BCUT2D eigenvalue weighted by atomic mass is 9.76. The molecule has 5 rings (SSSR count). The highest BCUT2D eigenvalue weighted by Crippen LogP contribution is 2.47. The van der Waals surface area contributed by atoms with Crippen LogP contribution >= 0.6 is 23.1 Å². The summed E-state index contributed by atoms with van der Waals surface area (Å²) in [5.41, 5.74) is 7.05. The van der Waals surface area contributed by atoms with Crippen LogP contribution in [-0.4, -0.2) is 32.6 Å². The fraction of sp³-hybridized carbons (Fsp3) is 0.200. The Labute approximate surface area is 232 Å². The van der Waals surface area contributed by atoms with Crippen LogP contribution in [-0.2, 0) is 9.59 Å². The number of nitrogens with zero attached hydrogens (tertiary/aromatic N) is 5. The molecule has 15 heteroatoms. The summed E-state index contributed by atoms with van der Waals surface area (Å²) in [7, 11) is 0. The van der Waals surface area contributed by atoms with Crippen LogP contribution < -0.4 is 16.0 Å². The van der Waals surface area contributed by atoms with Gasteiger partial charge in [-0.3, -0.25) is 19.5 Å². The third-order valence-corrected chi connectivity index (χ3v) is 8.26. The van der Waals surface area contributed by atoms with E-state index in [1.54, 1.807) is 24.5 Å². The summed E-state index contributed by atoms with van der Waals surface area (Å²) in [6.07, 6.45) is 4.53. The van der Waals surface area contributed by atoms with Gasteiger partial charge in [0.15, 0.2) is 33.4 Å². The van der Waals surface area contributed by atoms with Crippen molar-refractivity contribution in [1.29, 1.82) is 5.26 Å². The summed E-state index contributed by atoms with van der Waals surface area (Å²) in [6.45, 7) is 0. The number of Topliss-reactive ketones (excluding diaryl/α,β-unsaturated/α-hetero) is 1. The Hall–Kier alpha value is -4.29. The zero-order valence-corrected chi connectivity index (χ0v) is 21.9. The molecule has 1 amide bonds. The van der Waals surface area contributed by atoms with Crippen LogP contribution in [0.4, 0.5) is 28.4 Å². The number of benzene rings is 1. The molecule has 1 aliphatic carbocycles. The lowest BCUT2D eigenvalue weighted by Gasteiger charge is -2.37. The van der Waals surface area contributed by atoms with Crippen molar-refractivity contribution in [3.05, 3.63) is 82.1 Å². The van der Waals surface area contributed by atoms with Crippen LogP contribution in [0.2, 0.25) is 0 Å². The van der Waals surface area contributed by atoms with Crippen LogP contribution in [0.3, 0.4) is 0 Å². The molecule has 0 bridgehead atoms. The monoisotopic (exact) mass is 587 g/mol. The largest absolute Gasteiger partial charge is 0.384 e. The number of rotatable bonds is 6. The minimum atomic E-state index is -1.73. The molecule has 0 saturated heterocycles. The van der Waals surface area contributed by atoms with Gasteiger partial charge in [-0.05, 0) is 24.5 Å². The number of allylic oxidation sites excluding steroid dienone is 3. The Bertz CT molecular complexity index is 1610. The Balaban J connectivity index is 1.40. The second-order valence-corrected chi connectivity index (χ2v) is 10.8. The van der Waals surface area contributed by atoms with Crippen LogP contribution in [0.1, 0.15) is 30.7 Å². The molecule has 1 aromatic carbocycles. The van der Waals surface area contributed by atoms with Gasteiger partial charge in [-0.1, -0.05) is 29.2 Å². The van der Waals surface area contributed by atoms with E-state index in [2.05, 4.69) is 21.3 Å². The highest BCUT2D eigenvalue weighted by atomic mass is 32.2. The molecule has 0 spiro atoms. The molecule has 1 unspecified atom stereocenters. The maximum Gasteiger partial charge on any atom is 0.234 e. The molecule has 3 N–H and O–H groups in total. The Morgan fingerprint density at radius 3 is 2.65 bits per heavy atom. The number of pyridine rings is 1. The first-order valence-corrected chi connectivity index (χ1v) is 13.5. The number of amides is 1. The van der Waals surface area contributed by atoms with Gasteiger partial charge in [-0.15, -0.1) is 10.2 Å². The van der Waals surface area contributed by atoms with Crippen LogP contribution in [0.5, 0.6) is 0 Å². The number of nitriles is 1. The standard InChI is InChI=1S/C25H17F4N7O2S2/c26-13-7-14(27)21(29)22(20(13)28)33-17(38)10-39-25-35-34-24(40-25)36-15-4-1-5-16(37)19(15)18(12(8-30)23(36)31)11-3-2-6-32-9-11/h2-3,6-7,9,18H,1,4-5,10,31H2,(H,33,38). The summed E-state index contributed by atoms with van der Waals surface area (Å²) < 4.78 is 54.9. The number of thioether (sulfide) groups is 1. The van der Waals surface area contributed by atoms with Gasteiger partial charge in [-0.2, -0.15) is 5.26 Å². The molecule has 1 aliphatic heterocycles. The van der Waals surface area contributed by atoms with Crippen molar-refractivity contribution in [2.75, 3.05) is 16.0 Å². The number of carbonyl (C=O) groups is 2. The molecule has 204 valence electrons. The van der Waals surface area contributed by atoms with Gasteiger partial charge in [0.25, 0.3) is 0 Å². The lowest BCUT2D eigenvalue weighted by Crippen LogP contribution is -2.38. The normalized spacial score (nSPS) is 17.1. The van der Waals surface area contributed by atoms with Crippen molar-refractivity contribution in [3.63, 3.8) is 0 Å². The number of nitrogens with two attached hydrogens (primary N) is 1. The smallest absolute Gasteiger partial charge is 0.234 e. The summed E-state index contributed by atoms with van der Waals surface area (Å²) in [6, 6.07) is 5.64. The molecular weight excluding hydrogens is 570 g/mol. The summed E-state index contributed by atoms with van der Waals surface area (Å²) in [5, 5.41) is 20.2. The number of nitrogens with one attached hydrogen (secondary N) is 1. The molecule has 0 fully saturated rings. The summed E-state index contributed by atoms with van der Waals surface area (Å²) >= 11 is 1.85. The first kappa shape index (κ1) is 27.3. The molecule has 0 saturated carbocycles. The minimum absolute atomic E-state index is 0.0377. The number of hydrogen-bond acceptors (Lipinski definition) is 10. The molecule has 40 heavy (non-hydrogen) atoms. The van der Waals surface area contributed by atoms with Gasteiger partial charge >= 0.3 is 0 Å². The second kappa shape index (κ2) is 11.1. The van der Waals surface area contributed by atoms with E-state index < -0.39 is 46.5 Å². The van der Waals surface area contributed by atoms with Crippen molar-refractivity contribution in [2.24, 2.45) is 5.73 Å². The maximum atomic E-state index is 13.9. The number of anilines is 2.